The van der Waals surface area contributed by atoms with Crippen molar-refractivity contribution < 1.29 is 41.4 Å². The van der Waals surface area contributed by atoms with E-state index in [0.29, 0.717) is 19.6 Å². The van der Waals surface area contributed by atoms with Crippen LogP contribution in [0.3, 0.4) is 0 Å². The van der Waals surface area contributed by atoms with Crippen LogP contribution >= 0.6 is 7.60 Å². The maximum absolute atomic E-state index is 14.2. The molecule has 2 bridgehead atoms. The minimum atomic E-state index is -4.11. The standard InChI is InChI=1S/C36H53N2O9PS/c1-7-46-48(41,47-8-2)27-14-16-28(17-15-27)49(42,43)38(20-24(3)4)21-32(39)31(18-25-12-10-9-11-13-25)37-35(40)36(5,6)33-26-19-29-30(33)23-45-34(29)44-22-26/h9-17,24,26,29-34,39H,7-8,18-23H2,1-6H3,(H,37,40)/t26?,29?,30-,31+,32-,33+,34+/m1/s1. The Morgan fingerprint density at radius 1 is 1.00 bits per heavy atom. The SMILES string of the molecule is CCOP(=O)(OCC)c1ccc(S(=O)(=O)N(CC(C)C)C[C@@H](O)[C@H](Cc2ccccc2)NC(=O)C(C)(C)[C@H]2C3CO[C@H]4OC[C@@H]2C4C3)cc1. The van der Waals surface area contributed by atoms with Crippen molar-refractivity contribution in [2.45, 2.75) is 77.7 Å². The van der Waals surface area contributed by atoms with Crippen LogP contribution in [-0.2, 0) is 44.3 Å². The Kier molecular flexibility index (Phi) is 12.1. The highest BCUT2D eigenvalue weighted by Gasteiger charge is 2.60. The molecule has 3 aliphatic rings. The number of sulfonamides is 1. The van der Waals surface area contributed by atoms with Gasteiger partial charge in [-0.05, 0) is 80.2 Å². The monoisotopic (exact) mass is 720 g/mol. The average Bonchev–Trinajstić information content (AvgIpc) is 3.60. The second kappa shape index (κ2) is 15.6. The van der Waals surface area contributed by atoms with Gasteiger partial charge in [0.2, 0.25) is 15.9 Å². The summed E-state index contributed by atoms with van der Waals surface area (Å²) in [6.07, 6.45) is -0.131. The second-order valence-corrected chi connectivity index (χ2v) is 18.5. The van der Waals surface area contributed by atoms with Crippen LogP contribution in [0.2, 0.25) is 0 Å². The van der Waals surface area contributed by atoms with Crippen molar-refractivity contribution in [1.82, 2.24) is 9.62 Å². The summed E-state index contributed by atoms with van der Waals surface area (Å²) in [5, 5.41) is 15.3. The Balaban J connectivity index is 1.38. The van der Waals surface area contributed by atoms with Gasteiger partial charge < -0.3 is 28.9 Å². The van der Waals surface area contributed by atoms with E-state index in [1.165, 1.54) is 28.6 Å². The third-order valence-electron chi connectivity index (χ3n) is 10.2. The predicted octanol–water partition coefficient (Wildman–Crippen LogP) is 4.59. The van der Waals surface area contributed by atoms with Crippen LogP contribution in [0.1, 0.15) is 53.5 Å². The Morgan fingerprint density at radius 2 is 1.63 bits per heavy atom. The highest BCUT2D eigenvalue weighted by Crippen LogP contribution is 2.57. The number of hydrogen-bond donors (Lipinski definition) is 2. The molecular weight excluding hydrogens is 667 g/mol. The van der Waals surface area contributed by atoms with Gasteiger partial charge in [0.25, 0.3) is 0 Å². The van der Waals surface area contributed by atoms with Gasteiger partial charge >= 0.3 is 7.60 Å². The Hall–Kier alpha value is -2.15. The molecule has 2 aliphatic heterocycles. The Morgan fingerprint density at radius 3 is 2.24 bits per heavy atom. The number of nitrogens with one attached hydrogen (secondary N) is 1. The molecule has 2 N–H and O–H groups in total. The summed E-state index contributed by atoms with van der Waals surface area (Å²) in [6, 6.07) is 14.5. The first-order valence-electron chi connectivity index (χ1n) is 17.5. The van der Waals surface area contributed by atoms with E-state index in [-0.39, 0.29) is 78.3 Å². The summed E-state index contributed by atoms with van der Waals surface area (Å²) in [6.45, 7) is 12.5. The van der Waals surface area contributed by atoms with Gasteiger partial charge in [-0.2, -0.15) is 4.31 Å². The summed E-state index contributed by atoms with van der Waals surface area (Å²) in [5.74, 6) is 0.583. The van der Waals surface area contributed by atoms with Crippen LogP contribution < -0.4 is 10.6 Å². The van der Waals surface area contributed by atoms with Crippen LogP contribution in [0, 0.1) is 35.0 Å². The summed E-state index contributed by atoms with van der Waals surface area (Å²) in [5.41, 5.74) is 0.127. The first-order valence-corrected chi connectivity index (χ1v) is 20.5. The zero-order valence-corrected chi connectivity index (χ0v) is 31.2. The highest BCUT2D eigenvalue weighted by molar-refractivity contribution is 7.89. The fraction of sp³-hybridized carbons (Fsp3) is 0.639. The van der Waals surface area contributed by atoms with Crippen LogP contribution in [0.4, 0.5) is 0 Å². The molecule has 2 saturated heterocycles. The predicted molar refractivity (Wildman–Crippen MR) is 187 cm³/mol. The van der Waals surface area contributed by atoms with Crippen LogP contribution in [0.25, 0.3) is 0 Å². The molecular formula is C36H53N2O9PS. The lowest BCUT2D eigenvalue weighted by Crippen LogP contribution is -2.55. The molecule has 2 heterocycles. The fourth-order valence-corrected chi connectivity index (χ4v) is 11.2. The minimum Gasteiger partial charge on any atom is -0.390 e. The van der Waals surface area contributed by atoms with Gasteiger partial charge in [0.1, 0.15) is 0 Å². The quantitative estimate of drug-likeness (QED) is 0.225. The third kappa shape index (κ3) is 8.17. The van der Waals surface area contributed by atoms with E-state index in [1.807, 2.05) is 58.0 Å². The maximum atomic E-state index is 14.2. The minimum absolute atomic E-state index is 0.0138. The van der Waals surface area contributed by atoms with E-state index in [9.17, 15) is 22.9 Å². The lowest BCUT2D eigenvalue weighted by molar-refractivity contribution is -0.170. The maximum Gasteiger partial charge on any atom is 0.361 e. The number of aliphatic hydroxyl groups excluding tert-OH is 1. The number of hydrogen-bond acceptors (Lipinski definition) is 9. The van der Waals surface area contributed by atoms with Crippen molar-refractivity contribution in [2.24, 2.45) is 35.0 Å². The average molecular weight is 721 g/mol. The third-order valence-corrected chi connectivity index (χ3v) is 14.2. The second-order valence-electron chi connectivity index (χ2n) is 14.5. The fourth-order valence-electron chi connectivity index (χ4n) is 7.99. The first kappa shape index (κ1) is 38.1. The number of benzene rings is 2. The molecule has 2 aromatic carbocycles. The van der Waals surface area contributed by atoms with Crippen molar-refractivity contribution >= 4 is 28.8 Å². The van der Waals surface area contributed by atoms with Crippen molar-refractivity contribution in [3.63, 3.8) is 0 Å². The molecule has 7 atom stereocenters. The lowest BCUT2D eigenvalue weighted by Gasteiger charge is -2.39. The van der Waals surface area contributed by atoms with E-state index in [4.69, 9.17) is 18.5 Å². The number of rotatable bonds is 17. The van der Waals surface area contributed by atoms with Gasteiger partial charge in [0, 0.05) is 24.4 Å². The van der Waals surface area contributed by atoms with Gasteiger partial charge in [0.05, 0.1) is 48.8 Å². The van der Waals surface area contributed by atoms with E-state index < -0.39 is 35.2 Å². The van der Waals surface area contributed by atoms with E-state index in [1.54, 1.807) is 13.8 Å². The molecule has 272 valence electrons. The number of aliphatic hydroxyl groups is 1. The van der Waals surface area contributed by atoms with Crippen molar-refractivity contribution in [1.29, 1.82) is 0 Å². The lowest BCUT2D eigenvalue weighted by atomic mass is 9.68. The zero-order valence-electron chi connectivity index (χ0n) is 29.5. The number of nitrogens with zero attached hydrogens (tertiary/aromatic N) is 1. The number of ether oxygens (including phenoxy) is 2. The van der Waals surface area contributed by atoms with Gasteiger partial charge in [-0.15, -0.1) is 0 Å². The van der Waals surface area contributed by atoms with E-state index in [2.05, 4.69) is 5.32 Å². The molecule has 5 rings (SSSR count). The molecule has 49 heavy (non-hydrogen) atoms. The number of fused-ring (bicyclic) bond motifs is 1. The summed E-state index contributed by atoms with van der Waals surface area (Å²) in [4.78, 5) is 14.2. The van der Waals surface area contributed by atoms with Crippen LogP contribution in [-0.4, -0.2) is 81.7 Å². The topological polar surface area (TPSA) is 141 Å². The van der Waals surface area contributed by atoms with Gasteiger partial charge in [0.15, 0.2) is 6.29 Å². The molecule has 2 unspecified atom stereocenters. The largest absolute Gasteiger partial charge is 0.390 e. The van der Waals surface area contributed by atoms with Crippen LogP contribution in [0.15, 0.2) is 59.5 Å². The van der Waals surface area contributed by atoms with Gasteiger partial charge in [-0.1, -0.05) is 58.0 Å². The molecule has 1 aliphatic carbocycles. The van der Waals surface area contributed by atoms with E-state index >= 15 is 0 Å². The molecule has 13 heteroatoms. The molecule has 0 spiro atoms. The van der Waals surface area contributed by atoms with Gasteiger partial charge in [-0.3, -0.25) is 9.36 Å². The molecule has 2 aromatic rings. The summed E-state index contributed by atoms with van der Waals surface area (Å²) in [7, 11) is -7.72. The zero-order chi connectivity index (χ0) is 35.6. The molecule has 3 fully saturated rings. The first-order chi connectivity index (χ1) is 23.2. The summed E-state index contributed by atoms with van der Waals surface area (Å²) >= 11 is 0. The number of carbonyl (C=O) groups excluding carboxylic acids is 1. The number of carbonyl (C=O) groups is 1. The van der Waals surface area contributed by atoms with E-state index in [0.717, 1.165) is 12.0 Å². The Bertz CT molecular complexity index is 1560. The molecule has 1 saturated carbocycles. The van der Waals surface area contributed by atoms with Crippen molar-refractivity contribution in [3.8, 4) is 0 Å². The molecule has 1 amide bonds. The summed E-state index contributed by atoms with van der Waals surface area (Å²) < 4.78 is 65.5. The van der Waals surface area contributed by atoms with Crippen LogP contribution in [0.5, 0.6) is 0 Å². The Labute approximate surface area is 291 Å². The smallest absolute Gasteiger partial charge is 0.361 e. The molecule has 11 nitrogen and oxygen atoms in total. The highest BCUT2D eigenvalue weighted by atomic mass is 32.2. The van der Waals surface area contributed by atoms with Crippen molar-refractivity contribution in [2.75, 3.05) is 39.5 Å². The number of amides is 1. The molecule has 0 radical (unpaired) electrons. The normalized spacial score (nSPS) is 25.1. The molecule has 0 aromatic heterocycles. The van der Waals surface area contributed by atoms with Crippen molar-refractivity contribution in [3.05, 3.63) is 60.2 Å². The van der Waals surface area contributed by atoms with Gasteiger partial charge in [-0.25, -0.2) is 8.42 Å².